The Morgan fingerprint density at radius 3 is 2.38 bits per heavy atom. The first-order valence-corrected chi connectivity index (χ1v) is 5.83. The molecule has 0 aliphatic carbocycles. The quantitative estimate of drug-likeness (QED) is 0.844. The van der Waals surface area contributed by atoms with Crippen LogP contribution in [0.25, 0.3) is 0 Å². The van der Waals surface area contributed by atoms with Gasteiger partial charge in [-0.3, -0.25) is 4.90 Å². The molecule has 0 heterocycles. The van der Waals surface area contributed by atoms with Crippen molar-refractivity contribution in [2.75, 3.05) is 20.2 Å². The molecule has 0 aliphatic heterocycles. The van der Waals surface area contributed by atoms with Crippen LogP contribution >= 0.6 is 0 Å². The highest BCUT2D eigenvalue weighted by atomic mass is 16.3. The summed E-state index contributed by atoms with van der Waals surface area (Å²) in [5, 5.41) is 8.90. The lowest BCUT2D eigenvalue weighted by Gasteiger charge is -2.25. The summed E-state index contributed by atoms with van der Waals surface area (Å²) < 4.78 is 0. The Kier molecular flexibility index (Phi) is 4.51. The van der Waals surface area contributed by atoms with E-state index in [2.05, 4.69) is 49.9 Å². The Hall–Kier alpha value is -0.860. The summed E-state index contributed by atoms with van der Waals surface area (Å²) in [4.78, 5) is 2.14. The molecular formula is C14H23NO. The van der Waals surface area contributed by atoms with E-state index < -0.39 is 0 Å². The van der Waals surface area contributed by atoms with Gasteiger partial charge in [0.2, 0.25) is 0 Å². The molecule has 2 heteroatoms. The number of aliphatic hydroxyl groups excluding tert-OH is 1. The Bertz CT molecular complexity index is 328. The maximum atomic E-state index is 8.90. The Labute approximate surface area is 98.9 Å². The Morgan fingerprint density at radius 2 is 1.81 bits per heavy atom. The van der Waals surface area contributed by atoms with Crippen LogP contribution in [-0.2, 0) is 12.0 Å². The predicted octanol–water partition coefficient (Wildman–Crippen LogP) is 2.41. The largest absolute Gasteiger partial charge is 0.395 e. The Morgan fingerprint density at radius 1 is 1.19 bits per heavy atom. The van der Waals surface area contributed by atoms with Crippen LogP contribution in [0, 0.1) is 0 Å². The predicted molar refractivity (Wildman–Crippen MR) is 68.6 cm³/mol. The van der Waals surface area contributed by atoms with Crippen LogP contribution in [0.1, 0.15) is 31.9 Å². The zero-order chi connectivity index (χ0) is 12.2. The molecule has 0 fully saturated rings. The van der Waals surface area contributed by atoms with Gasteiger partial charge in [-0.25, -0.2) is 0 Å². The molecule has 0 unspecified atom stereocenters. The monoisotopic (exact) mass is 221 g/mol. The number of hydrogen-bond donors (Lipinski definition) is 1. The van der Waals surface area contributed by atoms with Crippen molar-refractivity contribution in [1.82, 2.24) is 4.90 Å². The second kappa shape index (κ2) is 5.46. The fourth-order valence-corrected chi connectivity index (χ4v) is 1.93. The molecular weight excluding hydrogens is 198 g/mol. The topological polar surface area (TPSA) is 23.5 Å². The molecule has 0 aromatic heterocycles. The molecule has 0 atom stereocenters. The lowest BCUT2D eigenvalue weighted by molar-refractivity contribution is 0.216. The third-order valence-corrected chi connectivity index (χ3v) is 2.75. The van der Waals surface area contributed by atoms with E-state index in [1.54, 1.807) is 0 Å². The molecule has 1 N–H and O–H groups in total. The first-order valence-electron chi connectivity index (χ1n) is 5.83. The number of hydrogen-bond acceptors (Lipinski definition) is 2. The highest BCUT2D eigenvalue weighted by Gasteiger charge is 2.17. The van der Waals surface area contributed by atoms with Crippen LogP contribution in [-0.4, -0.2) is 30.2 Å². The van der Waals surface area contributed by atoms with Crippen molar-refractivity contribution in [2.24, 2.45) is 0 Å². The second-order valence-electron chi connectivity index (χ2n) is 5.37. The molecule has 1 aromatic rings. The number of likely N-dealkylation sites (N-methyl/N-ethyl adjacent to an activating group) is 1. The minimum absolute atomic E-state index is 0.177. The molecule has 0 saturated carbocycles. The first kappa shape index (κ1) is 13.2. The van der Waals surface area contributed by atoms with Gasteiger partial charge in [0.05, 0.1) is 6.61 Å². The van der Waals surface area contributed by atoms with E-state index in [4.69, 9.17) is 5.11 Å². The van der Waals surface area contributed by atoms with Gasteiger partial charge in [-0.1, -0.05) is 45.0 Å². The Balaban J connectivity index is 2.87. The van der Waals surface area contributed by atoms with E-state index in [0.29, 0.717) is 0 Å². The van der Waals surface area contributed by atoms with Crippen molar-refractivity contribution in [3.63, 3.8) is 0 Å². The van der Waals surface area contributed by atoms with Crippen LogP contribution in [0.3, 0.4) is 0 Å². The molecule has 16 heavy (non-hydrogen) atoms. The van der Waals surface area contributed by atoms with E-state index in [1.807, 2.05) is 7.05 Å². The highest BCUT2D eigenvalue weighted by molar-refractivity contribution is 5.32. The third-order valence-electron chi connectivity index (χ3n) is 2.75. The van der Waals surface area contributed by atoms with Gasteiger partial charge in [0.25, 0.3) is 0 Å². The second-order valence-corrected chi connectivity index (χ2v) is 5.37. The van der Waals surface area contributed by atoms with Gasteiger partial charge >= 0.3 is 0 Å². The molecule has 1 rings (SSSR count). The highest BCUT2D eigenvalue weighted by Crippen LogP contribution is 2.26. The van der Waals surface area contributed by atoms with Gasteiger partial charge < -0.3 is 5.11 Å². The maximum absolute atomic E-state index is 8.90. The lowest BCUT2D eigenvalue weighted by Crippen LogP contribution is -2.24. The number of benzene rings is 1. The molecule has 1 aromatic carbocycles. The SMILES string of the molecule is CN(CCO)Cc1ccccc1C(C)(C)C. The van der Waals surface area contributed by atoms with Crippen molar-refractivity contribution < 1.29 is 5.11 Å². The molecule has 0 amide bonds. The fourth-order valence-electron chi connectivity index (χ4n) is 1.93. The maximum Gasteiger partial charge on any atom is 0.0558 e. The first-order chi connectivity index (χ1) is 7.45. The molecule has 0 spiro atoms. The van der Waals surface area contributed by atoms with Gasteiger partial charge in [-0.2, -0.15) is 0 Å². The van der Waals surface area contributed by atoms with E-state index in [-0.39, 0.29) is 12.0 Å². The van der Waals surface area contributed by atoms with Crippen LogP contribution in [0.15, 0.2) is 24.3 Å². The molecule has 2 nitrogen and oxygen atoms in total. The van der Waals surface area contributed by atoms with Gasteiger partial charge in [0.1, 0.15) is 0 Å². The van der Waals surface area contributed by atoms with Crippen molar-refractivity contribution >= 4 is 0 Å². The van der Waals surface area contributed by atoms with Gasteiger partial charge in [0.15, 0.2) is 0 Å². The zero-order valence-electron chi connectivity index (χ0n) is 10.8. The van der Waals surface area contributed by atoms with Crippen LogP contribution in [0.5, 0.6) is 0 Å². The zero-order valence-corrected chi connectivity index (χ0v) is 10.8. The standard InChI is InChI=1S/C14H23NO/c1-14(2,3)13-8-6-5-7-12(13)11-15(4)9-10-16/h5-8,16H,9-11H2,1-4H3. The number of nitrogens with zero attached hydrogens (tertiary/aromatic N) is 1. The third kappa shape index (κ3) is 3.62. The van der Waals surface area contributed by atoms with Gasteiger partial charge in [-0.15, -0.1) is 0 Å². The van der Waals surface area contributed by atoms with Crippen molar-refractivity contribution in [1.29, 1.82) is 0 Å². The van der Waals surface area contributed by atoms with Crippen molar-refractivity contribution in [3.05, 3.63) is 35.4 Å². The fraction of sp³-hybridized carbons (Fsp3) is 0.571. The summed E-state index contributed by atoms with van der Waals surface area (Å²) in [6.07, 6.45) is 0. The summed E-state index contributed by atoms with van der Waals surface area (Å²) in [5.41, 5.74) is 2.92. The molecule has 0 bridgehead atoms. The molecule has 0 aliphatic rings. The summed E-state index contributed by atoms with van der Waals surface area (Å²) in [7, 11) is 2.04. The molecule has 0 radical (unpaired) electrons. The minimum Gasteiger partial charge on any atom is -0.395 e. The van der Waals surface area contributed by atoms with E-state index in [1.165, 1.54) is 11.1 Å². The average Bonchev–Trinajstić information content (AvgIpc) is 2.17. The van der Waals surface area contributed by atoms with Crippen LogP contribution < -0.4 is 0 Å². The van der Waals surface area contributed by atoms with Gasteiger partial charge in [-0.05, 0) is 23.6 Å². The van der Waals surface area contributed by atoms with Crippen LogP contribution in [0.2, 0.25) is 0 Å². The molecule has 90 valence electrons. The smallest absolute Gasteiger partial charge is 0.0558 e. The average molecular weight is 221 g/mol. The van der Waals surface area contributed by atoms with E-state index in [0.717, 1.165) is 13.1 Å². The summed E-state index contributed by atoms with van der Waals surface area (Å²) >= 11 is 0. The normalized spacial score (nSPS) is 12.1. The number of rotatable bonds is 4. The van der Waals surface area contributed by atoms with Crippen molar-refractivity contribution in [3.8, 4) is 0 Å². The van der Waals surface area contributed by atoms with Crippen molar-refractivity contribution in [2.45, 2.75) is 32.7 Å². The van der Waals surface area contributed by atoms with E-state index >= 15 is 0 Å². The number of aliphatic hydroxyl groups is 1. The molecule has 0 saturated heterocycles. The summed E-state index contributed by atoms with van der Waals surface area (Å²) in [5.74, 6) is 0. The minimum atomic E-state index is 0.177. The van der Waals surface area contributed by atoms with E-state index in [9.17, 15) is 0 Å². The summed E-state index contributed by atoms with van der Waals surface area (Å²) in [6.45, 7) is 8.54. The van der Waals surface area contributed by atoms with Gasteiger partial charge in [0, 0.05) is 13.1 Å². The lowest BCUT2D eigenvalue weighted by atomic mass is 9.83. The van der Waals surface area contributed by atoms with Crippen LogP contribution in [0.4, 0.5) is 0 Å². The summed E-state index contributed by atoms with van der Waals surface area (Å²) in [6, 6.07) is 8.55.